The zero-order valence-electron chi connectivity index (χ0n) is 18.8. The summed E-state index contributed by atoms with van der Waals surface area (Å²) in [5.41, 5.74) is 16.5. The molecule has 0 aliphatic carbocycles. The molecule has 10 N–H and O–H groups in total. The number of carbonyl (C=O) groups excluding carboxylic acids is 5. The van der Waals surface area contributed by atoms with Crippen LogP contribution in [0.3, 0.4) is 0 Å². The summed E-state index contributed by atoms with van der Waals surface area (Å²) in [7, 11) is 0. The summed E-state index contributed by atoms with van der Waals surface area (Å²) < 4.78 is 0. The van der Waals surface area contributed by atoms with Crippen molar-refractivity contribution in [3.8, 4) is 0 Å². The molecular weight excluding hydrogens is 480 g/mol. The Morgan fingerprint density at radius 1 is 0.829 bits per heavy atom. The summed E-state index contributed by atoms with van der Waals surface area (Å²) in [6, 6.07) is 3.36. The fourth-order valence-corrected chi connectivity index (χ4v) is 3.16. The van der Waals surface area contributed by atoms with Gasteiger partial charge < -0.3 is 38.3 Å². The third kappa shape index (κ3) is 10.9. The number of hydrogen-bond donors (Lipinski definition) is 8. The lowest BCUT2D eigenvalue weighted by Gasteiger charge is -2.24. The molecule has 4 atom stereocenters. The average Bonchev–Trinajstić information content (AvgIpc) is 2.79. The number of nitrogens with two attached hydrogens (primary N) is 3. The normalized spacial score (nSPS) is 14.0. The van der Waals surface area contributed by atoms with Crippen molar-refractivity contribution in [1.82, 2.24) is 16.0 Å². The Hall–Kier alpha value is -3.65. The maximum Gasteiger partial charge on any atom is 0.326 e. The maximum absolute atomic E-state index is 12.7. The van der Waals surface area contributed by atoms with Gasteiger partial charge in [0.25, 0.3) is 0 Å². The molecule has 4 unspecified atom stereocenters. The molecule has 0 saturated heterocycles. The highest BCUT2D eigenvalue weighted by Crippen LogP contribution is 2.05. The summed E-state index contributed by atoms with van der Waals surface area (Å²) in [5, 5.41) is 16.4. The number of thiol groups is 1. The number of amides is 5. The van der Waals surface area contributed by atoms with Crippen LogP contribution in [0.4, 0.5) is 0 Å². The molecule has 192 valence electrons. The second-order valence-electron chi connectivity index (χ2n) is 7.68. The first-order valence-corrected chi connectivity index (χ1v) is 11.2. The fourth-order valence-electron chi connectivity index (χ4n) is 2.91. The van der Waals surface area contributed by atoms with Crippen LogP contribution in [0.1, 0.15) is 24.8 Å². The minimum Gasteiger partial charge on any atom is -0.480 e. The number of carboxylic acid groups (broad SMARTS) is 1. The third-order valence-corrected chi connectivity index (χ3v) is 5.15. The first kappa shape index (κ1) is 29.4. The highest BCUT2D eigenvalue weighted by molar-refractivity contribution is 7.80. The van der Waals surface area contributed by atoms with E-state index < -0.39 is 66.1 Å². The number of primary amides is 2. The molecule has 35 heavy (non-hydrogen) atoms. The Balaban J connectivity index is 2.86. The van der Waals surface area contributed by atoms with Gasteiger partial charge in [-0.3, -0.25) is 24.0 Å². The predicted octanol–water partition coefficient (Wildman–Crippen LogP) is -2.83. The second kappa shape index (κ2) is 14.6. The van der Waals surface area contributed by atoms with E-state index in [-0.39, 0.29) is 25.0 Å². The lowest BCUT2D eigenvalue weighted by Crippen LogP contribution is -2.58. The van der Waals surface area contributed by atoms with Crippen molar-refractivity contribution in [2.24, 2.45) is 17.2 Å². The number of benzene rings is 1. The maximum atomic E-state index is 12.7. The molecule has 0 aliphatic heterocycles. The number of carbonyl (C=O) groups is 6. The van der Waals surface area contributed by atoms with Gasteiger partial charge in [0.05, 0.1) is 12.5 Å². The summed E-state index contributed by atoms with van der Waals surface area (Å²) in [4.78, 5) is 71.5. The van der Waals surface area contributed by atoms with E-state index in [1.807, 2.05) is 0 Å². The van der Waals surface area contributed by atoms with E-state index in [1.165, 1.54) is 0 Å². The topological polar surface area (TPSA) is 237 Å². The molecule has 0 aromatic heterocycles. The van der Waals surface area contributed by atoms with Crippen molar-refractivity contribution in [2.75, 3.05) is 5.75 Å². The Labute approximate surface area is 206 Å². The third-order valence-electron chi connectivity index (χ3n) is 4.79. The lowest BCUT2D eigenvalue weighted by atomic mass is 10.1. The molecule has 1 rings (SSSR count). The van der Waals surface area contributed by atoms with Crippen LogP contribution in [0.15, 0.2) is 30.3 Å². The van der Waals surface area contributed by atoms with Gasteiger partial charge in [0.2, 0.25) is 29.5 Å². The predicted molar refractivity (Wildman–Crippen MR) is 128 cm³/mol. The van der Waals surface area contributed by atoms with Crippen molar-refractivity contribution in [1.29, 1.82) is 0 Å². The zero-order valence-corrected chi connectivity index (χ0v) is 19.7. The van der Waals surface area contributed by atoms with E-state index in [4.69, 9.17) is 17.2 Å². The first-order chi connectivity index (χ1) is 16.4. The van der Waals surface area contributed by atoms with E-state index in [0.29, 0.717) is 5.56 Å². The molecule has 0 aliphatic rings. The van der Waals surface area contributed by atoms with Crippen molar-refractivity contribution in [3.05, 3.63) is 35.9 Å². The number of hydrogen-bond acceptors (Lipinski definition) is 8. The standard InChI is InChI=1S/C21H30N6O7S/c22-12(6-7-16(23)28)18(30)25-13(9-17(24)29)19(31)27-15(10-35)20(32)26-14(21(33)34)8-11-4-2-1-3-5-11/h1-5,12-15,35H,6-10,22H2,(H2,23,28)(H2,24,29)(H,25,30)(H,26,32)(H,27,31)(H,33,34). The minimum absolute atomic E-state index is 0.00129. The van der Waals surface area contributed by atoms with E-state index in [1.54, 1.807) is 30.3 Å². The molecule has 0 bridgehead atoms. The van der Waals surface area contributed by atoms with Gasteiger partial charge in [-0.05, 0) is 12.0 Å². The molecule has 14 heteroatoms. The van der Waals surface area contributed by atoms with Gasteiger partial charge in [-0.2, -0.15) is 12.6 Å². The Morgan fingerprint density at radius 3 is 1.89 bits per heavy atom. The van der Waals surface area contributed by atoms with Crippen molar-refractivity contribution in [2.45, 2.75) is 49.9 Å². The van der Waals surface area contributed by atoms with E-state index in [9.17, 15) is 33.9 Å². The van der Waals surface area contributed by atoms with Gasteiger partial charge in [-0.15, -0.1) is 0 Å². The zero-order chi connectivity index (χ0) is 26.5. The molecule has 0 radical (unpaired) electrons. The molecule has 1 aromatic rings. The van der Waals surface area contributed by atoms with Gasteiger partial charge >= 0.3 is 5.97 Å². The smallest absolute Gasteiger partial charge is 0.326 e. The molecule has 0 saturated carbocycles. The largest absolute Gasteiger partial charge is 0.480 e. The van der Waals surface area contributed by atoms with Crippen LogP contribution in [-0.2, 0) is 35.2 Å². The Morgan fingerprint density at radius 2 is 1.37 bits per heavy atom. The number of aliphatic carboxylic acids is 1. The van der Waals surface area contributed by atoms with Gasteiger partial charge in [-0.25, -0.2) is 4.79 Å². The van der Waals surface area contributed by atoms with Crippen LogP contribution in [-0.4, -0.2) is 70.5 Å². The molecule has 0 spiro atoms. The summed E-state index contributed by atoms with van der Waals surface area (Å²) in [5.74, 6) is -5.71. The van der Waals surface area contributed by atoms with Gasteiger partial charge in [0.15, 0.2) is 0 Å². The highest BCUT2D eigenvalue weighted by Gasteiger charge is 2.30. The summed E-state index contributed by atoms with van der Waals surface area (Å²) in [6.07, 6.45) is -0.867. The van der Waals surface area contributed by atoms with Crippen LogP contribution in [0, 0.1) is 0 Å². The summed E-state index contributed by atoms with van der Waals surface area (Å²) in [6.45, 7) is 0. The molecule has 13 nitrogen and oxygen atoms in total. The second-order valence-corrected chi connectivity index (χ2v) is 8.04. The number of carboxylic acids is 1. The molecule has 1 aromatic carbocycles. The summed E-state index contributed by atoms with van der Waals surface area (Å²) >= 11 is 4.02. The average molecular weight is 511 g/mol. The molecule has 0 fully saturated rings. The molecule has 5 amide bonds. The SMILES string of the molecule is NC(=O)CCC(N)C(=O)NC(CC(N)=O)C(=O)NC(CS)C(=O)NC(Cc1ccccc1)C(=O)O. The quantitative estimate of drug-likeness (QED) is 0.114. The monoisotopic (exact) mass is 510 g/mol. The molecular formula is C21H30N6O7S. The van der Waals surface area contributed by atoms with Gasteiger partial charge in [0, 0.05) is 18.6 Å². The highest BCUT2D eigenvalue weighted by atomic mass is 32.1. The minimum atomic E-state index is -1.48. The number of rotatable bonds is 15. The van der Waals surface area contributed by atoms with Crippen LogP contribution < -0.4 is 33.2 Å². The van der Waals surface area contributed by atoms with Crippen molar-refractivity contribution < 1.29 is 33.9 Å². The van der Waals surface area contributed by atoms with Gasteiger partial charge in [0.1, 0.15) is 18.1 Å². The van der Waals surface area contributed by atoms with Gasteiger partial charge in [-0.1, -0.05) is 30.3 Å². The number of nitrogens with one attached hydrogen (secondary N) is 3. The van der Waals surface area contributed by atoms with E-state index in [2.05, 4.69) is 28.6 Å². The van der Waals surface area contributed by atoms with Crippen molar-refractivity contribution >= 4 is 48.1 Å². The van der Waals surface area contributed by atoms with E-state index >= 15 is 0 Å². The molecule has 0 heterocycles. The van der Waals surface area contributed by atoms with Crippen LogP contribution in [0.5, 0.6) is 0 Å². The van der Waals surface area contributed by atoms with E-state index in [0.717, 1.165) is 0 Å². The van der Waals surface area contributed by atoms with Crippen LogP contribution in [0.2, 0.25) is 0 Å². The fraction of sp³-hybridized carbons (Fsp3) is 0.429. The Bertz CT molecular complexity index is 930. The lowest BCUT2D eigenvalue weighted by molar-refractivity contribution is -0.142. The first-order valence-electron chi connectivity index (χ1n) is 10.6. The Kier molecular flexibility index (Phi) is 12.2. The van der Waals surface area contributed by atoms with Crippen LogP contribution in [0.25, 0.3) is 0 Å². The van der Waals surface area contributed by atoms with Crippen molar-refractivity contribution in [3.63, 3.8) is 0 Å². The van der Waals surface area contributed by atoms with Crippen LogP contribution >= 0.6 is 12.6 Å².